The fourth-order valence-electron chi connectivity index (χ4n) is 1.79. The van der Waals surface area contributed by atoms with Crippen molar-refractivity contribution in [1.82, 2.24) is 20.2 Å². The van der Waals surface area contributed by atoms with E-state index in [0.717, 1.165) is 15.7 Å². The van der Waals surface area contributed by atoms with Crippen LogP contribution in [0.5, 0.6) is 0 Å². The molecule has 0 radical (unpaired) electrons. The van der Waals surface area contributed by atoms with Crippen LogP contribution in [0.15, 0.2) is 53.0 Å². The number of nitrogens with two attached hydrogens (primary N) is 1. The molecule has 0 saturated heterocycles. The Morgan fingerprint density at radius 1 is 1.00 bits per heavy atom. The highest BCUT2D eigenvalue weighted by molar-refractivity contribution is 9.10. The summed E-state index contributed by atoms with van der Waals surface area (Å²) in [5.41, 5.74) is 8.20. The predicted molar refractivity (Wildman–Crippen MR) is 76.7 cm³/mol. The van der Waals surface area contributed by atoms with Crippen molar-refractivity contribution >= 4 is 21.6 Å². The lowest BCUT2D eigenvalue weighted by Gasteiger charge is -2.06. The molecular weight excluding hydrogens is 306 g/mol. The number of rotatable bonds is 2. The molecule has 0 atom stereocenters. The average Bonchev–Trinajstić information content (AvgIpc) is 2.89. The SMILES string of the molecule is Nc1ccc(-c2nnnn2-c2ccccc2Br)cc1. The Morgan fingerprint density at radius 3 is 2.47 bits per heavy atom. The van der Waals surface area contributed by atoms with Crippen LogP contribution in [0.2, 0.25) is 0 Å². The third-order valence-electron chi connectivity index (χ3n) is 2.72. The second-order valence-electron chi connectivity index (χ2n) is 3.99. The number of tetrazole rings is 1. The van der Waals surface area contributed by atoms with Crippen LogP contribution < -0.4 is 5.73 Å². The molecule has 0 aliphatic heterocycles. The fourth-order valence-corrected chi connectivity index (χ4v) is 2.24. The topological polar surface area (TPSA) is 69.6 Å². The van der Waals surface area contributed by atoms with Crippen LogP contribution in [0.4, 0.5) is 5.69 Å². The molecule has 0 fully saturated rings. The number of aromatic nitrogens is 4. The zero-order valence-corrected chi connectivity index (χ0v) is 11.4. The monoisotopic (exact) mass is 315 g/mol. The Hall–Kier alpha value is -2.21. The number of nitrogen functional groups attached to an aromatic ring is 1. The summed E-state index contributed by atoms with van der Waals surface area (Å²) in [5.74, 6) is 0.673. The van der Waals surface area contributed by atoms with Crippen LogP contribution in [0, 0.1) is 0 Å². The quantitative estimate of drug-likeness (QED) is 0.738. The van der Waals surface area contributed by atoms with Gasteiger partial charge in [-0.3, -0.25) is 0 Å². The minimum absolute atomic E-state index is 0.673. The summed E-state index contributed by atoms with van der Waals surface area (Å²) in [7, 11) is 0. The van der Waals surface area contributed by atoms with Crippen LogP contribution in [0.25, 0.3) is 17.1 Å². The van der Waals surface area contributed by atoms with Gasteiger partial charge in [0.1, 0.15) is 0 Å². The van der Waals surface area contributed by atoms with E-state index in [-0.39, 0.29) is 0 Å². The van der Waals surface area contributed by atoms with Crippen molar-refractivity contribution in [3.05, 3.63) is 53.0 Å². The number of halogens is 1. The zero-order valence-electron chi connectivity index (χ0n) is 9.86. The van der Waals surface area contributed by atoms with Crippen LogP contribution >= 0.6 is 15.9 Å². The number of anilines is 1. The lowest BCUT2D eigenvalue weighted by molar-refractivity contribution is 0.789. The van der Waals surface area contributed by atoms with Crippen molar-refractivity contribution in [1.29, 1.82) is 0 Å². The number of nitrogens with zero attached hydrogens (tertiary/aromatic N) is 4. The van der Waals surface area contributed by atoms with E-state index >= 15 is 0 Å². The average molecular weight is 316 g/mol. The first kappa shape index (κ1) is 11.9. The Bertz CT molecular complexity index is 705. The minimum atomic E-state index is 0.673. The van der Waals surface area contributed by atoms with Crippen LogP contribution in [-0.2, 0) is 0 Å². The molecule has 0 spiro atoms. The van der Waals surface area contributed by atoms with Gasteiger partial charge in [0, 0.05) is 15.7 Å². The third kappa shape index (κ3) is 2.22. The summed E-state index contributed by atoms with van der Waals surface area (Å²) in [5, 5.41) is 11.9. The molecule has 1 heterocycles. The summed E-state index contributed by atoms with van der Waals surface area (Å²) < 4.78 is 2.62. The molecule has 3 rings (SSSR count). The standard InChI is InChI=1S/C13H10BrN5/c14-11-3-1-2-4-12(11)19-13(16-17-18-19)9-5-7-10(15)8-6-9/h1-8H,15H2. The molecular formula is C13H10BrN5. The predicted octanol–water partition coefficient (Wildman–Crippen LogP) is 2.67. The first-order valence-corrected chi connectivity index (χ1v) is 6.44. The minimum Gasteiger partial charge on any atom is -0.399 e. The van der Waals surface area contributed by atoms with Crippen molar-refractivity contribution in [2.75, 3.05) is 5.73 Å². The van der Waals surface area contributed by atoms with Crippen LogP contribution in [-0.4, -0.2) is 20.2 Å². The van der Waals surface area contributed by atoms with E-state index in [2.05, 4.69) is 31.5 Å². The molecule has 1 aromatic heterocycles. The Morgan fingerprint density at radius 2 is 1.74 bits per heavy atom. The van der Waals surface area contributed by atoms with Crippen molar-refractivity contribution in [3.63, 3.8) is 0 Å². The maximum Gasteiger partial charge on any atom is 0.187 e. The van der Waals surface area contributed by atoms with E-state index < -0.39 is 0 Å². The molecule has 0 bridgehead atoms. The van der Waals surface area contributed by atoms with Crippen molar-refractivity contribution < 1.29 is 0 Å². The van der Waals surface area contributed by atoms with Gasteiger partial charge in [0.15, 0.2) is 5.82 Å². The number of hydrogen-bond donors (Lipinski definition) is 1. The maximum absolute atomic E-state index is 5.69. The highest BCUT2D eigenvalue weighted by Crippen LogP contribution is 2.25. The van der Waals surface area contributed by atoms with Crippen LogP contribution in [0.1, 0.15) is 0 Å². The molecule has 94 valence electrons. The molecule has 2 aromatic carbocycles. The smallest absolute Gasteiger partial charge is 0.187 e. The van der Waals surface area contributed by atoms with E-state index in [0.29, 0.717) is 11.5 Å². The maximum atomic E-state index is 5.69. The first-order chi connectivity index (χ1) is 9.25. The van der Waals surface area contributed by atoms with Gasteiger partial charge >= 0.3 is 0 Å². The lowest BCUT2D eigenvalue weighted by Crippen LogP contribution is -2.00. The molecule has 6 heteroatoms. The van der Waals surface area contributed by atoms with Gasteiger partial charge in [-0.05, 0) is 62.8 Å². The molecule has 0 unspecified atom stereocenters. The Kier molecular flexibility index (Phi) is 3.00. The highest BCUT2D eigenvalue weighted by Gasteiger charge is 2.12. The zero-order chi connectivity index (χ0) is 13.2. The number of para-hydroxylation sites is 1. The molecule has 0 aliphatic rings. The number of benzene rings is 2. The van der Waals surface area contributed by atoms with Gasteiger partial charge in [-0.2, -0.15) is 4.68 Å². The third-order valence-corrected chi connectivity index (χ3v) is 3.39. The molecule has 5 nitrogen and oxygen atoms in total. The van der Waals surface area contributed by atoms with Gasteiger partial charge in [-0.25, -0.2) is 0 Å². The first-order valence-electron chi connectivity index (χ1n) is 5.65. The Balaban J connectivity index is 2.13. The molecule has 0 saturated carbocycles. The van der Waals surface area contributed by atoms with Gasteiger partial charge < -0.3 is 5.73 Å². The summed E-state index contributed by atoms with van der Waals surface area (Å²) >= 11 is 3.50. The summed E-state index contributed by atoms with van der Waals surface area (Å²) in [6.45, 7) is 0. The van der Waals surface area contributed by atoms with Crippen molar-refractivity contribution in [2.24, 2.45) is 0 Å². The van der Waals surface area contributed by atoms with E-state index in [4.69, 9.17) is 5.73 Å². The van der Waals surface area contributed by atoms with Crippen molar-refractivity contribution in [2.45, 2.75) is 0 Å². The summed E-state index contributed by atoms with van der Waals surface area (Å²) in [6, 6.07) is 15.2. The normalized spacial score (nSPS) is 10.6. The van der Waals surface area contributed by atoms with E-state index in [9.17, 15) is 0 Å². The second-order valence-corrected chi connectivity index (χ2v) is 4.84. The highest BCUT2D eigenvalue weighted by atomic mass is 79.9. The molecule has 3 aromatic rings. The second kappa shape index (κ2) is 4.81. The molecule has 19 heavy (non-hydrogen) atoms. The summed E-state index contributed by atoms with van der Waals surface area (Å²) in [4.78, 5) is 0. The fraction of sp³-hybridized carbons (Fsp3) is 0. The van der Waals surface area contributed by atoms with E-state index in [1.807, 2.05) is 48.5 Å². The molecule has 2 N–H and O–H groups in total. The Labute approximate surface area is 118 Å². The van der Waals surface area contributed by atoms with E-state index in [1.165, 1.54) is 0 Å². The van der Waals surface area contributed by atoms with Gasteiger partial charge in [0.05, 0.1) is 5.69 Å². The van der Waals surface area contributed by atoms with Gasteiger partial charge in [-0.1, -0.05) is 12.1 Å². The lowest BCUT2D eigenvalue weighted by atomic mass is 10.2. The van der Waals surface area contributed by atoms with Crippen LogP contribution in [0.3, 0.4) is 0 Å². The van der Waals surface area contributed by atoms with Gasteiger partial charge in [-0.15, -0.1) is 5.10 Å². The molecule has 0 amide bonds. The van der Waals surface area contributed by atoms with E-state index in [1.54, 1.807) is 4.68 Å². The van der Waals surface area contributed by atoms with Gasteiger partial charge in [0.25, 0.3) is 0 Å². The summed E-state index contributed by atoms with van der Waals surface area (Å²) in [6.07, 6.45) is 0. The number of hydrogen-bond acceptors (Lipinski definition) is 4. The molecule has 0 aliphatic carbocycles. The van der Waals surface area contributed by atoms with Gasteiger partial charge in [0.2, 0.25) is 0 Å². The van der Waals surface area contributed by atoms with Crippen molar-refractivity contribution in [3.8, 4) is 17.1 Å². The largest absolute Gasteiger partial charge is 0.399 e.